The summed E-state index contributed by atoms with van der Waals surface area (Å²) in [7, 11) is 0. The standard InChI is InChI=1S/C18H18Cl2N2O4/c1-3-25-13-5-7-14(8-6-13)26-11(2)17(23)21-22-18(24)12-4-9-15(19)16(20)10-12/h4-11H,3H2,1-2H3,(H,21,23)(H,22,24). The van der Waals surface area contributed by atoms with E-state index in [1.807, 2.05) is 6.92 Å². The van der Waals surface area contributed by atoms with Crippen molar-refractivity contribution in [1.82, 2.24) is 10.9 Å². The van der Waals surface area contributed by atoms with Gasteiger partial charge >= 0.3 is 0 Å². The molecule has 0 heterocycles. The predicted octanol–water partition coefficient (Wildman–Crippen LogP) is 3.62. The van der Waals surface area contributed by atoms with Crippen molar-refractivity contribution in [2.75, 3.05) is 6.61 Å². The first-order valence-corrected chi connectivity index (χ1v) is 8.61. The Morgan fingerprint density at radius 3 is 2.27 bits per heavy atom. The molecule has 0 bridgehead atoms. The van der Waals surface area contributed by atoms with Gasteiger partial charge in [-0.15, -0.1) is 0 Å². The Kier molecular flexibility index (Phi) is 7.12. The molecule has 0 spiro atoms. The highest BCUT2D eigenvalue weighted by molar-refractivity contribution is 6.42. The lowest BCUT2D eigenvalue weighted by Crippen LogP contribution is -2.47. The van der Waals surface area contributed by atoms with Crippen LogP contribution in [0.15, 0.2) is 42.5 Å². The van der Waals surface area contributed by atoms with E-state index in [0.717, 1.165) is 0 Å². The number of halogens is 2. The molecule has 138 valence electrons. The molecule has 26 heavy (non-hydrogen) atoms. The molecule has 2 N–H and O–H groups in total. The molecule has 0 fully saturated rings. The maximum atomic E-state index is 12.1. The molecule has 2 amide bonds. The summed E-state index contributed by atoms with van der Waals surface area (Å²) in [5.41, 5.74) is 4.86. The Labute approximate surface area is 161 Å². The topological polar surface area (TPSA) is 76.7 Å². The van der Waals surface area contributed by atoms with Crippen LogP contribution in [0.5, 0.6) is 11.5 Å². The van der Waals surface area contributed by atoms with E-state index in [2.05, 4.69) is 10.9 Å². The van der Waals surface area contributed by atoms with Gasteiger partial charge in [0.2, 0.25) is 0 Å². The normalized spacial score (nSPS) is 11.4. The highest BCUT2D eigenvalue weighted by atomic mass is 35.5. The number of amides is 2. The summed E-state index contributed by atoms with van der Waals surface area (Å²) in [5, 5.41) is 0.586. The van der Waals surface area contributed by atoms with Crippen LogP contribution in [0.25, 0.3) is 0 Å². The number of nitrogens with one attached hydrogen (secondary N) is 2. The van der Waals surface area contributed by atoms with Gasteiger partial charge in [0.05, 0.1) is 16.7 Å². The Morgan fingerprint density at radius 1 is 1.00 bits per heavy atom. The minimum Gasteiger partial charge on any atom is -0.494 e. The highest BCUT2D eigenvalue weighted by Gasteiger charge is 2.16. The molecule has 2 aromatic carbocycles. The number of carbonyl (C=O) groups is 2. The van der Waals surface area contributed by atoms with Crippen LogP contribution in [0, 0.1) is 0 Å². The van der Waals surface area contributed by atoms with Gasteiger partial charge in [0.25, 0.3) is 11.8 Å². The van der Waals surface area contributed by atoms with Gasteiger partial charge in [-0.2, -0.15) is 0 Å². The highest BCUT2D eigenvalue weighted by Crippen LogP contribution is 2.22. The smallest absolute Gasteiger partial charge is 0.279 e. The monoisotopic (exact) mass is 396 g/mol. The van der Waals surface area contributed by atoms with E-state index in [4.69, 9.17) is 32.7 Å². The van der Waals surface area contributed by atoms with Gasteiger partial charge in [-0.05, 0) is 56.3 Å². The molecule has 2 rings (SSSR count). The van der Waals surface area contributed by atoms with Crippen molar-refractivity contribution in [2.24, 2.45) is 0 Å². The lowest BCUT2D eigenvalue weighted by molar-refractivity contribution is -0.128. The van der Waals surface area contributed by atoms with E-state index < -0.39 is 17.9 Å². The average Bonchev–Trinajstić information content (AvgIpc) is 2.63. The van der Waals surface area contributed by atoms with Gasteiger partial charge in [-0.1, -0.05) is 23.2 Å². The van der Waals surface area contributed by atoms with Gasteiger partial charge in [-0.25, -0.2) is 0 Å². The summed E-state index contributed by atoms with van der Waals surface area (Å²) in [5.74, 6) is 0.190. The number of benzene rings is 2. The summed E-state index contributed by atoms with van der Waals surface area (Å²) in [6.45, 7) is 4.03. The summed E-state index contributed by atoms with van der Waals surface area (Å²) >= 11 is 11.7. The first-order valence-electron chi connectivity index (χ1n) is 7.85. The van der Waals surface area contributed by atoms with E-state index in [9.17, 15) is 9.59 Å². The van der Waals surface area contributed by atoms with Crippen LogP contribution in [0.2, 0.25) is 10.0 Å². The second kappa shape index (κ2) is 9.31. The summed E-state index contributed by atoms with van der Waals surface area (Å²) < 4.78 is 10.9. The molecule has 0 aromatic heterocycles. The van der Waals surface area contributed by atoms with Gasteiger partial charge in [0.1, 0.15) is 11.5 Å². The molecule has 0 aliphatic carbocycles. The van der Waals surface area contributed by atoms with Gasteiger partial charge in [-0.3, -0.25) is 20.4 Å². The molecule has 2 aromatic rings. The predicted molar refractivity (Wildman–Crippen MR) is 99.8 cm³/mol. The van der Waals surface area contributed by atoms with Crippen LogP contribution in [-0.4, -0.2) is 24.5 Å². The molecule has 1 atom stereocenters. The molecule has 6 nitrogen and oxygen atoms in total. The third kappa shape index (κ3) is 5.54. The van der Waals surface area contributed by atoms with Crippen LogP contribution in [0.1, 0.15) is 24.2 Å². The maximum absolute atomic E-state index is 12.1. The first-order chi connectivity index (χ1) is 12.4. The quantitative estimate of drug-likeness (QED) is 0.730. The maximum Gasteiger partial charge on any atom is 0.279 e. The number of rotatable bonds is 6. The van der Waals surface area contributed by atoms with Crippen LogP contribution in [-0.2, 0) is 4.79 Å². The van der Waals surface area contributed by atoms with Crippen molar-refractivity contribution in [3.63, 3.8) is 0 Å². The molecule has 1 unspecified atom stereocenters. The molecule has 0 aliphatic rings. The SMILES string of the molecule is CCOc1ccc(OC(C)C(=O)NNC(=O)c2ccc(Cl)c(Cl)c2)cc1. The van der Waals surface area contributed by atoms with Gasteiger partial charge in [0.15, 0.2) is 6.10 Å². The first kappa shape index (κ1) is 19.9. The molecule has 0 saturated heterocycles. The zero-order chi connectivity index (χ0) is 19.1. The van der Waals surface area contributed by atoms with Crippen LogP contribution in [0.3, 0.4) is 0 Å². The van der Waals surface area contributed by atoms with E-state index in [-0.39, 0.29) is 10.6 Å². The lowest BCUT2D eigenvalue weighted by Gasteiger charge is -2.15. The van der Waals surface area contributed by atoms with Gasteiger partial charge in [0, 0.05) is 5.56 Å². The summed E-state index contributed by atoms with van der Waals surface area (Å²) in [4.78, 5) is 24.1. The third-order valence-electron chi connectivity index (χ3n) is 3.30. The molecular formula is C18H18Cl2N2O4. The number of hydrazine groups is 1. The number of ether oxygens (including phenoxy) is 2. The van der Waals surface area contributed by atoms with Gasteiger partial charge < -0.3 is 9.47 Å². The average molecular weight is 397 g/mol. The third-order valence-corrected chi connectivity index (χ3v) is 4.04. The Morgan fingerprint density at radius 2 is 1.65 bits per heavy atom. The Hall–Kier alpha value is -2.44. The van der Waals surface area contributed by atoms with E-state index in [1.54, 1.807) is 31.2 Å². The second-order valence-corrected chi connectivity index (χ2v) is 6.05. The summed E-state index contributed by atoms with van der Waals surface area (Å²) in [6, 6.07) is 11.3. The zero-order valence-electron chi connectivity index (χ0n) is 14.2. The largest absolute Gasteiger partial charge is 0.494 e. The van der Waals surface area contributed by atoms with Crippen LogP contribution in [0.4, 0.5) is 0 Å². The van der Waals surface area contributed by atoms with Crippen molar-refractivity contribution >= 4 is 35.0 Å². The number of carbonyl (C=O) groups excluding carboxylic acids is 2. The fourth-order valence-corrected chi connectivity index (χ4v) is 2.27. The second-order valence-electron chi connectivity index (χ2n) is 5.24. The van der Waals surface area contributed by atoms with E-state index >= 15 is 0 Å². The van der Waals surface area contributed by atoms with Crippen LogP contribution < -0.4 is 20.3 Å². The zero-order valence-corrected chi connectivity index (χ0v) is 15.7. The van der Waals surface area contributed by atoms with Crippen molar-refractivity contribution in [3.05, 3.63) is 58.1 Å². The van der Waals surface area contributed by atoms with Crippen molar-refractivity contribution in [2.45, 2.75) is 20.0 Å². The van der Waals surface area contributed by atoms with Crippen molar-refractivity contribution in [3.8, 4) is 11.5 Å². The van der Waals surface area contributed by atoms with Crippen LogP contribution >= 0.6 is 23.2 Å². The minimum atomic E-state index is -0.818. The number of hydrogen-bond acceptors (Lipinski definition) is 4. The lowest BCUT2D eigenvalue weighted by atomic mass is 10.2. The molecular weight excluding hydrogens is 379 g/mol. The fourth-order valence-electron chi connectivity index (χ4n) is 1.97. The number of hydrogen-bond donors (Lipinski definition) is 2. The molecule has 8 heteroatoms. The molecule has 0 radical (unpaired) electrons. The van der Waals surface area contributed by atoms with E-state index in [0.29, 0.717) is 23.1 Å². The Bertz CT molecular complexity index is 781. The van der Waals surface area contributed by atoms with E-state index in [1.165, 1.54) is 18.2 Å². The fraction of sp³-hybridized carbons (Fsp3) is 0.222. The Balaban J connectivity index is 1.86. The van der Waals surface area contributed by atoms with Crippen molar-refractivity contribution < 1.29 is 19.1 Å². The molecule has 0 aliphatic heterocycles. The summed E-state index contributed by atoms with van der Waals surface area (Å²) in [6.07, 6.45) is -0.818. The molecule has 0 saturated carbocycles. The minimum absolute atomic E-state index is 0.248. The van der Waals surface area contributed by atoms with Crippen molar-refractivity contribution in [1.29, 1.82) is 0 Å².